The molecule has 1 atom stereocenters. The maximum absolute atomic E-state index is 5.87. The molecule has 2 rings (SSSR count). The Bertz CT molecular complexity index is 305. The maximum Gasteiger partial charge on any atom is 0.119 e. The fourth-order valence-electron chi connectivity index (χ4n) is 1.40. The van der Waals surface area contributed by atoms with Crippen LogP contribution in [0.15, 0.2) is 6.20 Å². The Morgan fingerprint density at radius 2 is 2.38 bits per heavy atom. The fraction of sp³-hybridized carbons (Fsp3) is 0.625. The van der Waals surface area contributed by atoms with E-state index < -0.39 is 0 Å². The monoisotopic (exact) mass is 292 g/mol. The predicted octanol–water partition coefficient (Wildman–Crippen LogP) is 0.781. The lowest BCUT2D eigenvalue weighted by atomic mass is 10.4. The molecule has 5 heteroatoms. The number of halogens is 1. The Kier molecular flexibility index (Phi) is 2.57. The molecule has 1 aliphatic carbocycles. The van der Waals surface area contributed by atoms with Gasteiger partial charge in [0.25, 0.3) is 0 Å². The molecule has 1 aliphatic rings. The highest BCUT2D eigenvalue weighted by Crippen LogP contribution is 2.39. The van der Waals surface area contributed by atoms with E-state index in [9.17, 15) is 0 Å². The van der Waals surface area contributed by atoms with Crippen LogP contribution in [-0.2, 0) is 0 Å². The van der Waals surface area contributed by atoms with E-state index in [0.29, 0.717) is 12.5 Å². The molecule has 1 fully saturated rings. The predicted molar refractivity (Wildman–Crippen MR) is 59.2 cm³/mol. The minimum Gasteiger partial charge on any atom is -0.327 e. The number of hydrogen-bond donors (Lipinski definition) is 2. The Balaban J connectivity index is 2.30. The lowest BCUT2D eigenvalue weighted by Gasteiger charge is -2.13. The molecule has 0 aromatic carbocycles. The number of aromatic nitrogens is 2. The van der Waals surface area contributed by atoms with E-state index in [4.69, 9.17) is 11.5 Å². The normalized spacial score (nSPS) is 19.0. The Hall–Kier alpha value is -0.140. The summed E-state index contributed by atoms with van der Waals surface area (Å²) in [6, 6.07) is 0. The molecular formula is C8H13IN4. The summed E-state index contributed by atoms with van der Waals surface area (Å²) in [6.45, 7) is 0.464. The van der Waals surface area contributed by atoms with Gasteiger partial charge in [0, 0.05) is 18.7 Å². The van der Waals surface area contributed by atoms with Crippen LogP contribution in [0.25, 0.3) is 0 Å². The molecule has 0 aliphatic heterocycles. The van der Waals surface area contributed by atoms with Gasteiger partial charge in [0.2, 0.25) is 0 Å². The van der Waals surface area contributed by atoms with E-state index in [1.165, 1.54) is 12.8 Å². The number of nitrogens with two attached hydrogens (primary N) is 2. The molecule has 1 aromatic rings. The van der Waals surface area contributed by atoms with Crippen molar-refractivity contribution in [3.05, 3.63) is 15.7 Å². The average molecular weight is 292 g/mol. The van der Waals surface area contributed by atoms with Crippen molar-refractivity contribution >= 4 is 22.6 Å². The van der Waals surface area contributed by atoms with E-state index in [1.807, 2.05) is 10.8 Å². The van der Waals surface area contributed by atoms with Gasteiger partial charge in [0.1, 0.15) is 9.53 Å². The summed E-state index contributed by atoms with van der Waals surface area (Å²) in [5.74, 6) is 1.74. The topological polar surface area (TPSA) is 69.9 Å². The molecular weight excluding hydrogens is 279 g/mol. The lowest BCUT2D eigenvalue weighted by molar-refractivity contribution is 0.510. The van der Waals surface area contributed by atoms with Crippen LogP contribution in [0.5, 0.6) is 0 Å². The van der Waals surface area contributed by atoms with E-state index >= 15 is 0 Å². The first-order valence-electron chi connectivity index (χ1n) is 4.42. The van der Waals surface area contributed by atoms with Crippen LogP contribution in [0.3, 0.4) is 0 Å². The van der Waals surface area contributed by atoms with Crippen molar-refractivity contribution in [2.24, 2.45) is 11.5 Å². The molecule has 0 spiro atoms. The molecule has 4 N–H and O–H groups in total. The van der Waals surface area contributed by atoms with Gasteiger partial charge in [0.15, 0.2) is 0 Å². The second-order valence-electron chi connectivity index (χ2n) is 3.41. The third kappa shape index (κ3) is 1.87. The van der Waals surface area contributed by atoms with Gasteiger partial charge in [0.05, 0.1) is 6.17 Å². The lowest BCUT2D eigenvalue weighted by Crippen LogP contribution is -2.27. The number of hydrogen-bond acceptors (Lipinski definition) is 3. The van der Waals surface area contributed by atoms with E-state index in [0.717, 1.165) is 9.53 Å². The first-order valence-corrected chi connectivity index (χ1v) is 5.50. The maximum atomic E-state index is 5.87. The highest BCUT2D eigenvalue weighted by molar-refractivity contribution is 14.1. The number of nitrogens with zero attached hydrogens (tertiary/aromatic N) is 2. The smallest absolute Gasteiger partial charge is 0.119 e. The summed E-state index contributed by atoms with van der Waals surface area (Å²) in [4.78, 5) is 4.46. The van der Waals surface area contributed by atoms with Crippen molar-refractivity contribution in [3.63, 3.8) is 0 Å². The van der Waals surface area contributed by atoms with E-state index in [1.54, 1.807) is 0 Å². The van der Waals surface area contributed by atoms with Crippen LogP contribution in [0.2, 0.25) is 0 Å². The summed E-state index contributed by atoms with van der Waals surface area (Å²) in [7, 11) is 0. The van der Waals surface area contributed by atoms with Crippen molar-refractivity contribution in [2.75, 3.05) is 6.54 Å². The van der Waals surface area contributed by atoms with Crippen LogP contribution in [0, 0.1) is 3.70 Å². The summed E-state index contributed by atoms with van der Waals surface area (Å²) >= 11 is 2.21. The van der Waals surface area contributed by atoms with Gasteiger partial charge in [-0.3, -0.25) is 0 Å². The summed E-state index contributed by atoms with van der Waals surface area (Å²) in [5.41, 5.74) is 11.4. The molecule has 1 unspecified atom stereocenters. The van der Waals surface area contributed by atoms with Gasteiger partial charge in [-0.05, 0) is 35.4 Å². The first kappa shape index (κ1) is 9.42. The largest absolute Gasteiger partial charge is 0.327 e. The molecule has 0 saturated heterocycles. The molecule has 4 nitrogen and oxygen atoms in total. The zero-order chi connectivity index (χ0) is 9.42. The van der Waals surface area contributed by atoms with Gasteiger partial charge in [-0.25, -0.2) is 4.98 Å². The Morgan fingerprint density at radius 3 is 2.92 bits per heavy atom. The van der Waals surface area contributed by atoms with Crippen molar-refractivity contribution in [1.82, 2.24) is 9.55 Å². The zero-order valence-corrected chi connectivity index (χ0v) is 9.44. The van der Waals surface area contributed by atoms with Gasteiger partial charge in [-0.1, -0.05) is 0 Å². The molecule has 0 radical (unpaired) electrons. The molecule has 1 saturated carbocycles. The molecule has 0 amide bonds. The highest BCUT2D eigenvalue weighted by atomic mass is 127. The standard InChI is InChI=1S/C8H13IN4/c9-6-4-13(7(11)3-10)8(12-6)5-1-2-5/h4-5,7H,1-3,10-11H2. The number of imidazole rings is 1. The van der Waals surface area contributed by atoms with Crippen LogP contribution >= 0.6 is 22.6 Å². The van der Waals surface area contributed by atoms with Crippen molar-refractivity contribution in [1.29, 1.82) is 0 Å². The van der Waals surface area contributed by atoms with Crippen LogP contribution in [-0.4, -0.2) is 16.1 Å². The van der Waals surface area contributed by atoms with Crippen LogP contribution < -0.4 is 11.5 Å². The molecule has 0 bridgehead atoms. The minimum absolute atomic E-state index is 0.119. The third-order valence-electron chi connectivity index (χ3n) is 2.27. The second kappa shape index (κ2) is 3.55. The Morgan fingerprint density at radius 1 is 1.69 bits per heavy atom. The fourth-order valence-corrected chi connectivity index (χ4v) is 1.95. The molecule has 1 heterocycles. The SMILES string of the molecule is NCC(N)n1cc(I)nc1C1CC1. The zero-order valence-electron chi connectivity index (χ0n) is 7.28. The quantitative estimate of drug-likeness (QED) is 0.809. The highest BCUT2D eigenvalue weighted by Gasteiger charge is 2.29. The summed E-state index contributed by atoms with van der Waals surface area (Å²) < 4.78 is 3.02. The van der Waals surface area contributed by atoms with Gasteiger partial charge in [-0.2, -0.15) is 0 Å². The van der Waals surface area contributed by atoms with E-state index in [-0.39, 0.29) is 6.17 Å². The van der Waals surface area contributed by atoms with Crippen molar-refractivity contribution in [2.45, 2.75) is 24.9 Å². The summed E-state index contributed by atoms with van der Waals surface area (Å²) in [5, 5.41) is 0. The minimum atomic E-state index is -0.119. The van der Waals surface area contributed by atoms with Gasteiger partial charge < -0.3 is 16.0 Å². The number of rotatable bonds is 3. The van der Waals surface area contributed by atoms with Gasteiger partial charge >= 0.3 is 0 Å². The Labute approximate surface area is 90.8 Å². The van der Waals surface area contributed by atoms with Crippen LogP contribution in [0.1, 0.15) is 30.7 Å². The molecule has 13 heavy (non-hydrogen) atoms. The first-order chi connectivity index (χ1) is 6.22. The second-order valence-corrected chi connectivity index (χ2v) is 4.51. The van der Waals surface area contributed by atoms with Crippen molar-refractivity contribution < 1.29 is 0 Å². The molecule has 1 aromatic heterocycles. The van der Waals surface area contributed by atoms with Gasteiger partial charge in [-0.15, -0.1) is 0 Å². The third-order valence-corrected chi connectivity index (χ3v) is 2.79. The molecule has 72 valence electrons. The van der Waals surface area contributed by atoms with Crippen LogP contribution in [0.4, 0.5) is 0 Å². The van der Waals surface area contributed by atoms with E-state index in [2.05, 4.69) is 27.6 Å². The van der Waals surface area contributed by atoms with Crippen molar-refractivity contribution in [3.8, 4) is 0 Å². The summed E-state index contributed by atoms with van der Waals surface area (Å²) in [6.07, 6.45) is 4.34. The average Bonchev–Trinajstić information content (AvgIpc) is 2.89.